The number of nitrogens with zero attached hydrogens (tertiary/aromatic N) is 8. The molecule has 0 aliphatic heterocycles. The predicted octanol–water partition coefficient (Wildman–Crippen LogP) is 16.2. The summed E-state index contributed by atoms with van der Waals surface area (Å²) in [5, 5.41) is 4.36. The molecule has 0 spiro atoms. The highest BCUT2D eigenvalue weighted by atomic mass is 15.2. The van der Waals surface area contributed by atoms with Crippen LogP contribution in [-0.2, 0) is 0 Å². The summed E-state index contributed by atoms with van der Waals surface area (Å²) in [5.41, 5.74) is 14.0. The Morgan fingerprint density at radius 2 is 0.813 bits per heavy atom. The lowest BCUT2D eigenvalue weighted by atomic mass is 9.87. The van der Waals surface area contributed by atoms with E-state index in [0.717, 1.165) is 100 Å². The van der Waals surface area contributed by atoms with E-state index in [9.17, 15) is 0 Å². The number of para-hydroxylation sites is 3. The van der Waals surface area contributed by atoms with Gasteiger partial charge in [0.25, 0.3) is 0 Å². The Hall–Kier alpha value is -9.92. The van der Waals surface area contributed by atoms with E-state index >= 15 is 0 Å². The predicted molar refractivity (Wildman–Crippen MR) is 305 cm³/mol. The fourth-order valence-corrected chi connectivity index (χ4v) is 10.9. The van der Waals surface area contributed by atoms with Gasteiger partial charge in [-0.25, -0.2) is 19.9 Å². The molecule has 14 rings (SSSR count). The van der Waals surface area contributed by atoms with Crippen LogP contribution in [0.2, 0.25) is 0 Å². The molecule has 75 heavy (non-hydrogen) atoms. The Morgan fingerprint density at radius 1 is 0.360 bits per heavy atom. The summed E-state index contributed by atoms with van der Waals surface area (Å²) in [7, 11) is 0. The molecule has 0 fully saturated rings. The summed E-state index contributed by atoms with van der Waals surface area (Å²) in [6, 6.07) is 78.1. The van der Waals surface area contributed by atoms with Gasteiger partial charge in [-0.1, -0.05) is 213 Å². The van der Waals surface area contributed by atoms with Crippen LogP contribution in [0.1, 0.15) is 18.9 Å². The smallest absolute Gasteiger partial charge is 0.238 e. The monoisotopic (exact) mass is 962 g/mol. The van der Waals surface area contributed by atoms with E-state index in [1.165, 1.54) is 5.57 Å². The van der Waals surface area contributed by atoms with Crippen molar-refractivity contribution in [2.75, 3.05) is 0 Å². The molecule has 0 N–H and O–H groups in total. The van der Waals surface area contributed by atoms with Crippen molar-refractivity contribution in [3.8, 4) is 79.7 Å². The first-order valence-corrected chi connectivity index (χ1v) is 25.4. The van der Waals surface area contributed by atoms with Gasteiger partial charge < -0.3 is 4.57 Å². The molecular formula is C67H46N8. The Kier molecular flexibility index (Phi) is 10.7. The van der Waals surface area contributed by atoms with Crippen molar-refractivity contribution in [1.82, 2.24) is 39.0 Å². The lowest BCUT2D eigenvalue weighted by molar-refractivity contribution is 0.758. The number of aromatic nitrogens is 8. The van der Waals surface area contributed by atoms with Crippen molar-refractivity contribution in [3.63, 3.8) is 0 Å². The molecule has 0 amide bonds. The summed E-state index contributed by atoms with van der Waals surface area (Å²) in [5.74, 6) is 3.83. The van der Waals surface area contributed by atoms with Gasteiger partial charge in [-0.2, -0.15) is 9.97 Å². The Morgan fingerprint density at radius 3 is 1.43 bits per heavy atom. The van der Waals surface area contributed by atoms with Gasteiger partial charge in [0.2, 0.25) is 5.95 Å². The molecule has 4 heterocycles. The normalized spacial score (nSPS) is 13.5. The van der Waals surface area contributed by atoms with Crippen molar-refractivity contribution in [1.29, 1.82) is 0 Å². The zero-order valence-corrected chi connectivity index (χ0v) is 41.0. The van der Waals surface area contributed by atoms with Crippen molar-refractivity contribution < 1.29 is 0 Å². The maximum atomic E-state index is 5.45. The van der Waals surface area contributed by atoms with Gasteiger partial charge in [-0.3, -0.25) is 4.57 Å². The van der Waals surface area contributed by atoms with Gasteiger partial charge in [0.1, 0.15) is 0 Å². The minimum absolute atomic E-state index is 0.390. The van der Waals surface area contributed by atoms with Crippen LogP contribution in [-0.4, -0.2) is 39.0 Å². The van der Waals surface area contributed by atoms with Gasteiger partial charge in [0, 0.05) is 49.4 Å². The molecule has 1 aliphatic rings. The van der Waals surface area contributed by atoms with E-state index in [4.69, 9.17) is 29.9 Å². The average molecular weight is 963 g/mol. The van der Waals surface area contributed by atoms with Crippen LogP contribution < -0.4 is 0 Å². The first kappa shape index (κ1) is 43.8. The van der Waals surface area contributed by atoms with Crippen LogP contribution in [0.5, 0.6) is 0 Å². The van der Waals surface area contributed by atoms with Crippen LogP contribution >= 0.6 is 0 Å². The van der Waals surface area contributed by atoms with Crippen molar-refractivity contribution in [3.05, 3.63) is 248 Å². The second kappa shape index (κ2) is 18.3. The van der Waals surface area contributed by atoms with Gasteiger partial charge in [0.15, 0.2) is 29.1 Å². The number of rotatable bonds is 9. The van der Waals surface area contributed by atoms with E-state index in [-0.39, 0.29) is 0 Å². The summed E-state index contributed by atoms with van der Waals surface area (Å²) < 4.78 is 4.62. The van der Waals surface area contributed by atoms with Gasteiger partial charge >= 0.3 is 0 Å². The molecule has 1 unspecified atom stereocenters. The van der Waals surface area contributed by atoms with E-state index in [2.05, 4.69) is 192 Å². The molecule has 8 heteroatoms. The van der Waals surface area contributed by atoms with E-state index < -0.39 is 0 Å². The maximum Gasteiger partial charge on any atom is 0.238 e. The highest BCUT2D eigenvalue weighted by Gasteiger charge is 2.26. The molecule has 1 atom stereocenters. The largest absolute Gasteiger partial charge is 0.306 e. The standard InChI is InChI=1S/C67H46N8/c1-43-21-11-12-32-51(43)48-29-20-31-50(42-48)65-69-64(49-30-19-28-47(41-49)44-22-5-2-6-23-44)70-66(71-65)56-35-15-18-38-59(56)74-57-36-16-13-33-52(57)54-39-40-55-53-34-14-17-37-58(53)75(61(55)60(54)74)67-72-62(45-24-7-3-8-25-45)68-63(73-67)46-26-9-4-10-27-46/h2-20,22-43H,21H2,1H3. The summed E-state index contributed by atoms with van der Waals surface area (Å²) in [4.78, 5) is 32.0. The Balaban J connectivity index is 1.04. The van der Waals surface area contributed by atoms with Gasteiger partial charge in [-0.05, 0) is 71.0 Å². The molecule has 0 bridgehead atoms. The molecule has 4 aromatic heterocycles. The van der Waals surface area contributed by atoms with Crippen LogP contribution in [0.3, 0.4) is 0 Å². The third-order valence-corrected chi connectivity index (χ3v) is 14.5. The highest BCUT2D eigenvalue weighted by molar-refractivity contribution is 6.24. The van der Waals surface area contributed by atoms with Crippen molar-refractivity contribution in [2.24, 2.45) is 5.92 Å². The Labute approximate surface area is 433 Å². The third-order valence-electron chi connectivity index (χ3n) is 14.5. The molecule has 9 aromatic carbocycles. The van der Waals surface area contributed by atoms with E-state index in [0.29, 0.717) is 41.0 Å². The van der Waals surface area contributed by atoms with Crippen LogP contribution in [0, 0.1) is 5.92 Å². The number of hydrogen-bond acceptors (Lipinski definition) is 6. The minimum Gasteiger partial charge on any atom is -0.306 e. The lowest BCUT2D eigenvalue weighted by Crippen LogP contribution is -2.07. The first-order valence-electron chi connectivity index (χ1n) is 25.4. The lowest BCUT2D eigenvalue weighted by Gasteiger charge is -2.18. The molecule has 0 saturated carbocycles. The van der Waals surface area contributed by atoms with Crippen molar-refractivity contribution >= 4 is 49.2 Å². The van der Waals surface area contributed by atoms with Gasteiger partial charge in [0.05, 0.1) is 27.8 Å². The van der Waals surface area contributed by atoms with Crippen LogP contribution in [0.15, 0.2) is 243 Å². The number of allylic oxidation sites excluding steroid dienone is 4. The van der Waals surface area contributed by atoms with Crippen molar-refractivity contribution in [2.45, 2.75) is 13.3 Å². The fourth-order valence-electron chi connectivity index (χ4n) is 10.9. The summed E-state index contributed by atoms with van der Waals surface area (Å²) in [6.07, 6.45) is 7.63. The zero-order valence-electron chi connectivity index (χ0n) is 41.0. The van der Waals surface area contributed by atoms with Crippen LogP contribution in [0.25, 0.3) is 129 Å². The molecule has 0 radical (unpaired) electrons. The van der Waals surface area contributed by atoms with Gasteiger partial charge in [-0.15, -0.1) is 0 Å². The second-order valence-electron chi connectivity index (χ2n) is 19.1. The third kappa shape index (κ3) is 7.70. The fraction of sp³-hybridized carbons (Fsp3) is 0.0448. The van der Waals surface area contributed by atoms with E-state index in [1.807, 2.05) is 66.7 Å². The number of benzene rings is 9. The van der Waals surface area contributed by atoms with E-state index in [1.54, 1.807) is 0 Å². The maximum absolute atomic E-state index is 5.45. The van der Waals surface area contributed by atoms with Crippen LogP contribution in [0.4, 0.5) is 0 Å². The average Bonchev–Trinajstić information content (AvgIpc) is 4.07. The summed E-state index contributed by atoms with van der Waals surface area (Å²) >= 11 is 0. The molecule has 13 aromatic rings. The molecule has 354 valence electrons. The zero-order chi connectivity index (χ0) is 49.8. The molecular weight excluding hydrogens is 917 g/mol. The summed E-state index contributed by atoms with van der Waals surface area (Å²) in [6.45, 7) is 2.29. The number of fused-ring (bicyclic) bond motifs is 7. The first-order chi connectivity index (χ1) is 37.1. The quantitative estimate of drug-likeness (QED) is 0.143. The second-order valence-corrected chi connectivity index (χ2v) is 19.1. The molecule has 0 saturated heterocycles. The molecule has 1 aliphatic carbocycles. The Bertz CT molecular complexity index is 4340. The SMILES string of the molecule is CC1CC=CC=C1c1cccc(-c2nc(-c3cccc(-c4ccccc4)c3)nc(-c3ccccc3-n3c4ccccc4c4ccc5c6ccccc6n(-c6nc(-c7ccccc7)nc(-c7ccccc7)n6)c5c43)n2)c1. The number of hydrogen-bond donors (Lipinski definition) is 0. The molecule has 8 nitrogen and oxygen atoms in total. The topological polar surface area (TPSA) is 87.2 Å². The highest BCUT2D eigenvalue weighted by Crippen LogP contribution is 2.43. The minimum atomic E-state index is 0.390.